The molecule has 0 spiro atoms. The van der Waals surface area contributed by atoms with E-state index < -0.39 is 0 Å². The molecule has 0 amide bonds. The highest BCUT2D eigenvalue weighted by Gasteiger charge is 2.10. The molecule has 25 heavy (non-hydrogen) atoms. The van der Waals surface area contributed by atoms with Crippen LogP contribution in [-0.2, 0) is 11.3 Å². The summed E-state index contributed by atoms with van der Waals surface area (Å²) in [5, 5.41) is 19.0. The summed E-state index contributed by atoms with van der Waals surface area (Å²) < 4.78 is 7.13. The second-order valence-electron chi connectivity index (χ2n) is 4.96. The molecule has 1 aromatic carbocycles. The Morgan fingerprint density at radius 1 is 1.36 bits per heavy atom. The Bertz CT molecular complexity index is 1030. The van der Waals surface area contributed by atoms with E-state index in [1.807, 2.05) is 12.1 Å². The summed E-state index contributed by atoms with van der Waals surface area (Å²) in [6, 6.07) is 8.80. The lowest BCUT2D eigenvalue weighted by atomic mass is 10.2. The van der Waals surface area contributed by atoms with Crippen LogP contribution in [0.15, 0.2) is 23.0 Å². The highest BCUT2D eigenvalue weighted by atomic mass is 35.5. The van der Waals surface area contributed by atoms with E-state index in [0.717, 1.165) is 11.3 Å². The van der Waals surface area contributed by atoms with Gasteiger partial charge in [-0.15, -0.1) is 11.3 Å². The number of methoxy groups -OCH3 is 1. The van der Waals surface area contributed by atoms with Gasteiger partial charge < -0.3 is 4.74 Å². The Kier molecular flexibility index (Phi) is 6.81. The molecular weight excluding hydrogens is 381 g/mol. The van der Waals surface area contributed by atoms with Crippen molar-refractivity contribution in [1.82, 2.24) is 4.57 Å². The molecule has 0 atom stereocenters. The number of nitriles is 2. The molecule has 2 rings (SSSR count). The van der Waals surface area contributed by atoms with E-state index in [4.69, 9.17) is 38.5 Å². The number of ether oxygens (including phenoxy) is 1. The lowest BCUT2D eigenvalue weighted by molar-refractivity contribution is 0.190. The van der Waals surface area contributed by atoms with Crippen LogP contribution in [0.3, 0.4) is 0 Å². The summed E-state index contributed by atoms with van der Waals surface area (Å²) in [5.41, 5.74) is 0.213. The molecule has 1 heterocycles. The van der Waals surface area contributed by atoms with Crippen molar-refractivity contribution < 1.29 is 4.74 Å². The Morgan fingerprint density at radius 2 is 2.08 bits per heavy atom. The standard InChI is InChI=1S/C17H13Cl2N3O2S/c1-24-7-3-6-22-16(23)14(25-17(22)12(9-20)10-21)8-11-4-2-5-13(18)15(11)19/h2,4-5,8H,3,6-7H2,1H3/b14-8+. The first-order valence-corrected chi connectivity index (χ1v) is 8.79. The van der Waals surface area contributed by atoms with Crippen LogP contribution in [0.5, 0.6) is 0 Å². The maximum atomic E-state index is 12.7. The van der Waals surface area contributed by atoms with Crippen LogP contribution in [0.25, 0.3) is 11.6 Å². The molecule has 0 aliphatic heterocycles. The summed E-state index contributed by atoms with van der Waals surface area (Å²) in [6.45, 7) is 0.817. The summed E-state index contributed by atoms with van der Waals surface area (Å²) >= 11 is 13.2. The SMILES string of the molecule is COCCCn1c(=C(C#N)C#N)s/c(=C/c2cccc(Cl)c2Cl)c1=O. The van der Waals surface area contributed by atoms with E-state index in [1.165, 1.54) is 4.57 Å². The molecule has 0 aliphatic rings. The molecule has 5 nitrogen and oxygen atoms in total. The minimum atomic E-state index is -0.282. The summed E-state index contributed by atoms with van der Waals surface area (Å²) in [7, 11) is 1.57. The molecular formula is C17H13Cl2N3O2S. The Morgan fingerprint density at radius 3 is 2.72 bits per heavy atom. The summed E-state index contributed by atoms with van der Waals surface area (Å²) in [4.78, 5) is 12.7. The molecule has 0 saturated carbocycles. The van der Waals surface area contributed by atoms with Crippen molar-refractivity contribution in [3.8, 4) is 12.1 Å². The van der Waals surface area contributed by atoms with Crippen LogP contribution in [0.2, 0.25) is 10.0 Å². The first-order valence-electron chi connectivity index (χ1n) is 7.22. The molecule has 2 aromatic rings. The smallest absolute Gasteiger partial charge is 0.269 e. The van der Waals surface area contributed by atoms with E-state index in [-0.39, 0.29) is 11.1 Å². The average Bonchev–Trinajstić information content (AvgIpc) is 2.90. The Labute approximate surface area is 158 Å². The first-order chi connectivity index (χ1) is 12.0. The van der Waals surface area contributed by atoms with Crippen LogP contribution in [-0.4, -0.2) is 18.3 Å². The third-order valence-electron chi connectivity index (χ3n) is 3.34. The van der Waals surface area contributed by atoms with Crippen LogP contribution < -0.4 is 14.8 Å². The van der Waals surface area contributed by atoms with Gasteiger partial charge in [-0.05, 0) is 24.1 Å². The fraction of sp³-hybridized carbons (Fsp3) is 0.235. The number of nitrogens with zero attached hydrogens (tertiary/aromatic N) is 3. The number of thiazole rings is 1. The Balaban J connectivity index is 2.72. The van der Waals surface area contributed by atoms with Crippen LogP contribution in [0.4, 0.5) is 0 Å². The van der Waals surface area contributed by atoms with Crippen molar-refractivity contribution >= 4 is 46.2 Å². The van der Waals surface area contributed by atoms with Gasteiger partial charge in [0.25, 0.3) is 5.56 Å². The number of rotatable bonds is 5. The summed E-state index contributed by atoms with van der Waals surface area (Å²) in [6.07, 6.45) is 2.20. The van der Waals surface area contributed by atoms with Crippen molar-refractivity contribution in [2.75, 3.05) is 13.7 Å². The zero-order valence-corrected chi connectivity index (χ0v) is 15.6. The minimum absolute atomic E-state index is 0.101. The monoisotopic (exact) mass is 393 g/mol. The normalized spacial score (nSPS) is 11.2. The van der Waals surface area contributed by atoms with E-state index in [2.05, 4.69) is 0 Å². The maximum absolute atomic E-state index is 12.7. The molecule has 0 fully saturated rings. The van der Waals surface area contributed by atoms with Crippen molar-refractivity contribution in [2.24, 2.45) is 0 Å². The van der Waals surface area contributed by atoms with Gasteiger partial charge >= 0.3 is 0 Å². The van der Waals surface area contributed by atoms with Gasteiger partial charge in [0.15, 0.2) is 5.57 Å². The third kappa shape index (κ3) is 4.31. The molecule has 0 saturated heterocycles. The van der Waals surface area contributed by atoms with E-state index >= 15 is 0 Å². The van der Waals surface area contributed by atoms with Crippen molar-refractivity contribution in [2.45, 2.75) is 13.0 Å². The van der Waals surface area contributed by atoms with E-state index in [1.54, 1.807) is 31.4 Å². The number of hydrogen-bond donors (Lipinski definition) is 0. The topological polar surface area (TPSA) is 78.8 Å². The van der Waals surface area contributed by atoms with Gasteiger partial charge in [-0.25, -0.2) is 0 Å². The van der Waals surface area contributed by atoms with Gasteiger partial charge in [-0.2, -0.15) is 10.5 Å². The number of aromatic nitrogens is 1. The zero-order valence-electron chi connectivity index (χ0n) is 13.3. The van der Waals surface area contributed by atoms with Gasteiger partial charge in [-0.3, -0.25) is 9.36 Å². The summed E-state index contributed by atoms with van der Waals surface area (Å²) in [5.74, 6) is 0. The predicted octanol–water partition coefficient (Wildman–Crippen LogP) is 2.28. The lowest BCUT2D eigenvalue weighted by Crippen LogP contribution is -2.32. The molecule has 128 valence electrons. The first kappa shape index (κ1) is 19.2. The predicted molar refractivity (Wildman–Crippen MR) is 99.0 cm³/mol. The van der Waals surface area contributed by atoms with Crippen molar-refractivity contribution in [1.29, 1.82) is 10.5 Å². The average molecular weight is 394 g/mol. The van der Waals surface area contributed by atoms with Crippen LogP contribution in [0, 0.1) is 22.7 Å². The molecule has 8 heteroatoms. The van der Waals surface area contributed by atoms with Gasteiger partial charge in [-0.1, -0.05) is 35.3 Å². The van der Waals surface area contributed by atoms with Crippen molar-refractivity contribution in [3.05, 3.63) is 53.4 Å². The van der Waals surface area contributed by atoms with Gasteiger partial charge in [0.2, 0.25) is 0 Å². The van der Waals surface area contributed by atoms with Crippen LogP contribution >= 0.6 is 34.5 Å². The number of hydrogen-bond acceptors (Lipinski definition) is 5. The van der Waals surface area contributed by atoms with Crippen LogP contribution in [0.1, 0.15) is 12.0 Å². The molecule has 0 bridgehead atoms. The highest BCUT2D eigenvalue weighted by Crippen LogP contribution is 2.25. The Hall–Kier alpha value is -2.09. The molecule has 0 radical (unpaired) electrons. The van der Waals surface area contributed by atoms with Crippen molar-refractivity contribution in [3.63, 3.8) is 0 Å². The minimum Gasteiger partial charge on any atom is -0.385 e. The zero-order chi connectivity index (χ0) is 18.4. The van der Waals surface area contributed by atoms with E-state index in [9.17, 15) is 4.79 Å². The van der Waals surface area contributed by atoms with E-state index in [0.29, 0.717) is 44.4 Å². The lowest BCUT2D eigenvalue weighted by Gasteiger charge is -2.01. The highest BCUT2D eigenvalue weighted by molar-refractivity contribution is 7.07. The molecule has 0 N–H and O–H groups in total. The molecule has 0 aliphatic carbocycles. The molecule has 0 unspecified atom stereocenters. The van der Waals surface area contributed by atoms with Gasteiger partial charge in [0, 0.05) is 20.3 Å². The fourth-order valence-electron chi connectivity index (χ4n) is 2.17. The second-order valence-corrected chi connectivity index (χ2v) is 6.78. The maximum Gasteiger partial charge on any atom is 0.269 e. The molecule has 1 aromatic heterocycles. The third-order valence-corrected chi connectivity index (χ3v) is 5.31. The quantitative estimate of drug-likeness (QED) is 0.729. The second kappa shape index (κ2) is 8.84. The largest absolute Gasteiger partial charge is 0.385 e. The number of benzene rings is 1. The number of halogens is 2. The van der Waals surface area contributed by atoms with Gasteiger partial charge in [0.1, 0.15) is 16.8 Å². The van der Waals surface area contributed by atoms with Gasteiger partial charge in [0.05, 0.1) is 14.6 Å². The fourth-order valence-corrected chi connectivity index (χ4v) is 3.60.